The molecule has 1 fully saturated rings. The molecule has 0 heterocycles. The van der Waals surface area contributed by atoms with Crippen LogP contribution < -0.4 is 11.1 Å². The van der Waals surface area contributed by atoms with E-state index in [0.717, 1.165) is 18.4 Å². The Kier molecular flexibility index (Phi) is 4.59. The van der Waals surface area contributed by atoms with Crippen LogP contribution in [0.25, 0.3) is 0 Å². The molecule has 2 rings (SSSR count). The van der Waals surface area contributed by atoms with Gasteiger partial charge >= 0.3 is 0 Å². The van der Waals surface area contributed by atoms with E-state index in [0.29, 0.717) is 6.04 Å². The number of carbonyl (C=O) groups excluding carboxylic acids is 1. The van der Waals surface area contributed by atoms with Gasteiger partial charge in [0.15, 0.2) is 0 Å². The molecule has 1 unspecified atom stereocenters. The van der Waals surface area contributed by atoms with Crippen LogP contribution in [0.4, 0.5) is 0 Å². The van der Waals surface area contributed by atoms with Crippen LogP contribution in [0, 0.1) is 0 Å². The molecule has 1 aromatic carbocycles. The van der Waals surface area contributed by atoms with Crippen molar-refractivity contribution in [2.24, 2.45) is 5.73 Å². The Morgan fingerprint density at radius 3 is 2.26 bits per heavy atom. The number of rotatable bonds is 4. The number of nitrogens with two attached hydrogens (primary N) is 1. The monoisotopic (exact) mass is 260 g/mol. The highest BCUT2D eigenvalue weighted by molar-refractivity contribution is 5.85. The SMILES string of the molecule is CC(NC1CCCCCC1)(C(N)=O)c1ccccc1. The number of amides is 1. The summed E-state index contributed by atoms with van der Waals surface area (Å²) < 4.78 is 0. The lowest BCUT2D eigenvalue weighted by Gasteiger charge is -2.32. The lowest BCUT2D eigenvalue weighted by atomic mass is 9.89. The minimum Gasteiger partial charge on any atom is -0.368 e. The van der Waals surface area contributed by atoms with Crippen LogP contribution >= 0.6 is 0 Å². The van der Waals surface area contributed by atoms with Gasteiger partial charge in [0.05, 0.1) is 0 Å². The smallest absolute Gasteiger partial charge is 0.242 e. The molecular formula is C16H24N2O. The van der Waals surface area contributed by atoms with E-state index in [4.69, 9.17) is 5.73 Å². The van der Waals surface area contributed by atoms with Crippen LogP contribution in [0.5, 0.6) is 0 Å². The van der Waals surface area contributed by atoms with Crippen molar-refractivity contribution in [3.05, 3.63) is 35.9 Å². The molecule has 3 heteroatoms. The van der Waals surface area contributed by atoms with E-state index >= 15 is 0 Å². The van der Waals surface area contributed by atoms with Gasteiger partial charge in [-0.1, -0.05) is 56.0 Å². The van der Waals surface area contributed by atoms with Crippen molar-refractivity contribution in [1.29, 1.82) is 0 Å². The van der Waals surface area contributed by atoms with Crippen molar-refractivity contribution in [3.8, 4) is 0 Å². The van der Waals surface area contributed by atoms with Crippen LogP contribution in [0.3, 0.4) is 0 Å². The van der Waals surface area contributed by atoms with Gasteiger partial charge in [-0.05, 0) is 25.3 Å². The van der Waals surface area contributed by atoms with E-state index in [1.807, 2.05) is 37.3 Å². The number of hydrogen-bond acceptors (Lipinski definition) is 2. The zero-order chi connectivity index (χ0) is 13.7. The summed E-state index contributed by atoms with van der Waals surface area (Å²) in [6.45, 7) is 1.90. The Morgan fingerprint density at radius 2 is 1.74 bits per heavy atom. The van der Waals surface area contributed by atoms with Gasteiger partial charge in [-0.25, -0.2) is 0 Å². The van der Waals surface area contributed by atoms with E-state index in [2.05, 4.69) is 5.32 Å². The van der Waals surface area contributed by atoms with Crippen LogP contribution in [-0.2, 0) is 10.3 Å². The molecule has 1 atom stereocenters. The molecule has 0 spiro atoms. The molecule has 1 aromatic rings. The van der Waals surface area contributed by atoms with Crippen molar-refractivity contribution in [3.63, 3.8) is 0 Å². The molecule has 0 aliphatic heterocycles. The Bertz CT molecular complexity index is 410. The van der Waals surface area contributed by atoms with Crippen molar-refractivity contribution in [1.82, 2.24) is 5.32 Å². The lowest BCUT2D eigenvalue weighted by molar-refractivity contribution is -0.124. The molecule has 1 saturated carbocycles. The molecular weight excluding hydrogens is 236 g/mol. The molecule has 104 valence electrons. The normalized spacial score (nSPS) is 20.5. The highest BCUT2D eigenvalue weighted by Gasteiger charge is 2.35. The Labute approximate surface area is 115 Å². The van der Waals surface area contributed by atoms with E-state index < -0.39 is 5.54 Å². The van der Waals surface area contributed by atoms with Gasteiger partial charge in [0.2, 0.25) is 5.91 Å². The zero-order valence-electron chi connectivity index (χ0n) is 11.7. The van der Waals surface area contributed by atoms with E-state index in [9.17, 15) is 4.79 Å². The van der Waals surface area contributed by atoms with Crippen LogP contribution in [0.2, 0.25) is 0 Å². The summed E-state index contributed by atoms with van der Waals surface area (Å²) in [5.41, 5.74) is 5.84. The minimum absolute atomic E-state index is 0.303. The standard InChI is InChI=1S/C16H24N2O/c1-16(15(17)19,13-9-5-4-6-10-13)18-14-11-7-2-3-8-12-14/h4-6,9-10,14,18H,2-3,7-8,11-12H2,1H3,(H2,17,19). The number of carbonyl (C=O) groups is 1. The third-order valence-corrected chi connectivity index (χ3v) is 4.19. The lowest BCUT2D eigenvalue weighted by Crippen LogP contribution is -2.54. The summed E-state index contributed by atoms with van der Waals surface area (Å²) in [4.78, 5) is 11.9. The Hall–Kier alpha value is -1.35. The second-order valence-corrected chi connectivity index (χ2v) is 5.69. The molecule has 3 N–H and O–H groups in total. The van der Waals surface area contributed by atoms with Gasteiger partial charge in [0.1, 0.15) is 5.54 Å². The largest absolute Gasteiger partial charge is 0.368 e. The first kappa shape index (κ1) is 14.1. The topological polar surface area (TPSA) is 55.1 Å². The zero-order valence-corrected chi connectivity index (χ0v) is 11.7. The summed E-state index contributed by atoms with van der Waals surface area (Å²) in [6, 6.07) is 10.2. The molecule has 0 radical (unpaired) electrons. The molecule has 3 nitrogen and oxygen atoms in total. The minimum atomic E-state index is -0.768. The van der Waals surface area contributed by atoms with Crippen molar-refractivity contribution in [2.45, 2.75) is 57.0 Å². The van der Waals surface area contributed by atoms with Crippen LogP contribution in [0.15, 0.2) is 30.3 Å². The van der Waals surface area contributed by atoms with Gasteiger partial charge in [0.25, 0.3) is 0 Å². The maximum atomic E-state index is 11.9. The van der Waals surface area contributed by atoms with E-state index in [-0.39, 0.29) is 5.91 Å². The summed E-state index contributed by atoms with van der Waals surface area (Å²) in [5.74, 6) is -0.303. The van der Waals surface area contributed by atoms with Crippen LogP contribution in [-0.4, -0.2) is 11.9 Å². The average Bonchev–Trinajstić information content (AvgIpc) is 2.68. The predicted molar refractivity (Wildman–Crippen MR) is 77.6 cm³/mol. The average molecular weight is 260 g/mol. The Balaban J connectivity index is 2.17. The van der Waals surface area contributed by atoms with Gasteiger partial charge in [0, 0.05) is 6.04 Å². The highest BCUT2D eigenvalue weighted by atomic mass is 16.1. The second-order valence-electron chi connectivity index (χ2n) is 5.69. The second kappa shape index (κ2) is 6.20. The fraction of sp³-hybridized carbons (Fsp3) is 0.562. The first-order valence-corrected chi connectivity index (χ1v) is 7.26. The van der Waals surface area contributed by atoms with Crippen molar-refractivity contribution < 1.29 is 4.79 Å². The van der Waals surface area contributed by atoms with Gasteiger partial charge in [-0.3, -0.25) is 10.1 Å². The van der Waals surface area contributed by atoms with E-state index in [1.165, 1.54) is 25.7 Å². The van der Waals surface area contributed by atoms with Crippen molar-refractivity contribution in [2.75, 3.05) is 0 Å². The van der Waals surface area contributed by atoms with Gasteiger partial charge in [-0.15, -0.1) is 0 Å². The molecule has 0 aromatic heterocycles. The third kappa shape index (κ3) is 3.35. The molecule has 1 aliphatic carbocycles. The molecule has 0 bridgehead atoms. The van der Waals surface area contributed by atoms with Gasteiger partial charge < -0.3 is 5.73 Å². The molecule has 1 aliphatic rings. The number of nitrogens with one attached hydrogen (secondary N) is 1. The molecule has 19 heavy (non-hydrogen) atoms. The van der Waals surface area contributed by atoms with Gasteiger partial charge in [-0.2, -0.15) is 0 Å². The fourth-order valence-corrected chi connectivity index (χ4v) is 2.90. The number of benzene rings is 1. The third-order valence-electron chi connectivity index (χ3n) is 4.19. The maximum absolute atomic E-state index is 11.9. The van der Waals surface area contributed by atoms with Crippen molar-refractivity contribution >= 4 is 5.91 Å². The summed E-state index contributed by atoms with van der Waals surface area (Å²) in [6.07, 6.45) is 7.35. The first-order valence-electron chi connectivity index (χ1n) is 7.26. The highest BCUT2D eigenvalue weighted by Crippen LogP contribution is 2.25. The predicted octanol–water partition coefficient (Wildman–Crippen LogP) is 2.70. The first-order chi connectivity index (χ1) is 9.13. The number of primary amides is 1. The Morgan fingerprint density at radius 1 is 1.16 bits per heavy atom. The maximum Gasteiger partial charge on any atom is 0.242 e. The quantitative estimate of drug-likeness (QED) is 0.818. The van der Waals surface area contributed by atoms with Crippen LogP contribution in [0.1, 0.15) is 51.0 Å². The summed E-state index contributed by atoms with van der Waals surface area (Å²) in [5, 5.41) is 3.51. The molecule has 1 amide bonds. The van der Waals surface area contributed by atoms with E-state index in [1.54, 1.807) is 0 Å². The summed E-state index contributed by atoms with van der Waals surface area (Å²) in [7, 11) is 0. The fourth-order valence-electron chi connectivity index (χ4n) is 2.90. The summed E-state index contributed by atoms with van der Waals surface area (Å²) >= 11 is 0. The number of hydrogen-bond donors (Lipinski definition) is 2. The molecule has 0 saturated heterocycles.